The van der Waals surface area contributed by atoms with Crippen LogP contribution in [-0.4, -0.2) is 37.9 Å². The second-order valence-corrected chi connectivity index (χ2v) is 7.56. The molecule has 1 atom stereocenters. The molecule has 0 bridgehead atoms. The standard InChI is InChI=1S/C22H20FN5O2/c23-18-9-7-15(8-10-18)20-25-21(30-26-20)17-5-3-11-27(13-17)14-28-22(29)19-6-2-1-4-16(19)12-24-28/h1-2,4,6-10,12,17H,3,5,11,13-14H2. The topological polar surface area (TPSA) is 77.1 Å². The lowest BCUT2D eigenvalue weighted by atomic mass is 9.98. The molecule has 7 nitrogen and oxygen atoms in total. The smallest absolute Gasteiger partial charge is 0.275 e. The molecule has 0 aliphatic carbocycles. The van der Waals surface area contributed by atoms with Crippen molar-refractivity contribution < 1.29 is 8.91 Å². The van der Waals surface area contributed by atoms with Gasteiger partial charge in [0.2, 0.25) is 11.7 Å². The first-order valence-electron chi connectivity index (χ1n) is 9.94. The van der Waals surface area contributed by atoms with Crippen molar-refractivity contribution in [3.63, 3.8) is 0 Å². The van der Waals surface area contributed by atoms with Gasteiger partial charge in [0.05, 0.1) is 24.2 Å². The highest BCUT2D eigenvalue weighted by Crippen LogP contribution is 2.27. The molecule has 1 fully saturated rings. The highest BCUT2D eigenvalue weighted by Gasteiger charge is 2.26. The molecule has 2 aromatic carbocycles. The second-order valence-electron chi connectivity index (χ2n) is 7.56. The first-order chi connectivity index (χ1) is 14.7. The zero-order valence-corrected chi connectivity index (χ0v) is 16.2. The fraction of sp³-hybridized carbons (Fsp3) is 0.273. The van der Waals surface area contributed by atoms with Gasteiger partial charge in [-0.3, -0.25) is 9.69 Å². The maximum Gasteiger partial charge on any atom is 0.275 e. The zero-order chi connectivity index (χ0) is 20.5. The predicted molar refractivity (Wildman–Crippen MR) is 109 cm³/mol. The van der Waals surface area contributed by atoms with Crippen molar-refractivity contribution in [2.24, 2.45) is 0 Å². The third-order valence-corrected chi connectivity index (χ3v) is 5.49. The SMILES string of the molecule is O=c1c2ccccc2cnn1CN1CCCC(c2nc(-c3ccc(F)cc3)no2)C1. The molecule has 4 aromatic rings. The maximum atomic E-state index is 13.1. The fourth-order valence-electron chi connectivity index (χ4n) is 3.92. The largest absolute Gasteiger partial charge is 0.339 e. The summed E-state index contributed by atoms with van der Waals surface area (Å²) in [6.45, 7) is 1.99. The quantitative estimate of drug-likeness (QED) is 0.518. The van der Waals surface area contributed by atoms with Crippen LogP contribution in [0.2, 0.25) is 0 Å². The molecule has 1 saturated heterocycles. The molecule has 0 saturated carbocycles. The number of hydrogen-bond acceptors (Lipinski definition) is 6. The van der Waals surface area contributed by atoms with Gasteiger partial charge in [0, 0.05) is 17.5 Å². The van der Waals surface area contributed by atoms with Gasteiger partial charge in [0.15, 0.2) is 0 Å². The van der Waals surface area contributed by atoms with E-state index in [4.69, 9.17) is 4.52 Å². The molecule has 152 valence electrons. The minimum Gasteiger partial charge on any atom is -0.339 e. The van der Waals surface area contributed by atoms with Crippen LogP contribution in [0.5, 0.6) is 0 Å². The number of likely N-dealkylation sites (tertiary alicyclic amines) is 1. The van der Waals surface area contributed by atoms with Gasteiger partial charge in [0.1, 0.15) is 5.82 Å². The lowest BCUT2D eigenvalue weighted by Crippen LogP contribution is -2.39. The summed E-state index contributed by atoms with van der Waals surface area (Å²) in [5.41, 5.74) is 0.623. The van der Waals surface area contributed by atoms with E-state index < -0.39 is 0 Å². The van der Waals surface area contributed by atoms with Crippen LogP contribution < -0.4 is 5.56 Å². The highest BCUT2D eigenvalue weighted by molar-refractivity contribution is 5.80. The van der Waals surface area contributed by atoms with E-state index in [1.54, 1.807) is 18.3 Å². The Morgan fingerprint density at radius 1 is 1.13 bits per heavy atom. The van der Waals surface area contributed by atoms with Crippen LogP contribution >= 0.6 is 0 Å². The Morgan fingerprint density at radius 3 is 2.83 bits per heavy atom. The lowest BCUT2D eigenvalue weighted by molar-refractivity contribution is 0.142. The molecule has 5 rings (SSSR count). The number of halogens is 1. The number of rotatable bonds is 4. The molecule has 30 heavy (non-hydrogen) atoms. The summed E-state index contributed by atoms with van der Waals surface area (Å²) in [5, 5.41) is 9.89. The van der Waals surface area contributed by atoms with E-state index in [2.05, 4.69) is 20.1 Å². The Kier molecular flexibility index (Phi) is 4.84. The monoisotopic (exact) mass is 405 g/mol. The van der Waals surface area contributed by atoms with Gasteiger partial charge >= 0.3 is 0 Å². The van der Waals surface area contributed by atoms with Crippen molar-refractivity contribution >= 4 is 10.8 Å². The minimum atomic E-state index is -0.303. The normalized spacial score (nSPS) is 17.4. The number of hydrogen-bond donors (Lipinski definition) is 0. The summed E-state index contributed by atoms with van der Waals surface area (Å²) in [7, 11) is 0. The first-order valence-corrected chi connectivity index (χ1v) is 9.94. The van der Waals surface area contributed by atoms with Gasteiger partial charge in [-0.2, -0.15) is 10.1 Å². The fourth-order valence-corrected chi connectivity index (χ4v) is 3.92. The molecule has 1 aliphatic rings. The van der Waals surface area contributed by atoms with E-state index >= 15 is 0 Å². The Morgan fingerprint density at radius 2 is 1.97 bits per heavy atom. The van der Waals surface area contributed by atoms with Crippen molar-refractivity contribution in [2.45, 2.75) is 25.4 Å². The molecule has 0 spiro atoms. The average molecular weight is 405 g/mol. The summed E-state index contributed by atoms with van der Waals surface area (Å²) in [6, 6.07) is 13.5. The molecule has 3 heterocycles. The maximum absolute atomic E-state index is 13.1. The Labute approximate surface area is 171 Å². The van der Waals surface area contributed by atoms with Gasteiger partial charge in [-0.05, 0) is 49.7 Å². The Hall–Kier alpha value is -3.39. The number of aromatic nitrogens is 4. The van der Waals surface area contributed by atoms with E-state index in [1.807, 2.05) is 24.3 Å². The van der Waals surface area contributed by atoms with Gasteiger partial charge in [-0.25, -0.2) is 9.07 Å². The summed E-state index contributed by atoms with van der Waals surface area (Å²) in [5.74, 6) is 0.798. The molecule has 8 heteroatoms. The van der Waals surface area contributed by atoms with Crippen molar-refractivity contribution in [1.82, 2.24) is 24.8 Å². The van der Waals surface area contributed by atoms with E-state index in [0.29, 0.717) is 35.9 Å². The highest BCUT2D eigenvalue weighted by atomic mass is 19.1. The van der Waals surface area contributed by atoms with Crippen LogP contribution in [0.25, 0.3) is 22.2 Å². The number of nitrogens with zero attached hydrogens (tertiary/aromatic N) is 5. The first kappa shape index (κ1) is 18.6. The van der Waals surface area contributed by atoms with Crippen molar-refractivity contribution in [2.75, 3.05) is 13.1 Å². The van der Waals surface area contributed by atoms with E-state index in [0.717, 1.165) is 24.8 Å². The van der Waals surface area contributed by atoms with Crippen LogP contribution in [0.15, 0.2) is 64.0 Å². The molecular weight excluding hydrogens is 385 g/mol. The van der Waals surface area contributed by atoms with E-state index in [1.165, 1.54) is 16.8 Å². The third kappa shape index (κ3) is 3.61. The van der Waals surface area contributed by atoms with Gasteiger partial charge in [-0.15, -0.1) is 0 Å². The Balaban J connectivity index is 1.33. The van der Waals surface area contributed by atoms with Gasteiger partial charge in [0.25, 0.3) is 5.56 Å². The van der Waals surface area contributed by atoms with Crippen LogP contribution in [0.4, 0.5) is 4.39 Å². The third-order valence-electron chi connectivity index (χ3n) is 5.49. The molecule has 0 radical (unpaired) electrons. The predicted octanol–water partition coefficient (Wildman–Crippen LogP) is 3.42. The van der Waals surface area contributed by atoms with E-state index in [-0.39, 0.29) is 17.3 Å². The van der Waals surface area contributed by atoms with Crippen LogP contribution in [0.1, 0.15) is 24.7 Å². The number of benzene rings is 2. The minimum absolute atomic E-state index is 0.0802. The van der Waals surface area contributed by atoms with Crippen molar-refractivity contribution in [3.8, 4) is 11.4 Å². The lowest BCUT2D eigenvalue weighted by Gasteiger charge is -2.30. The van der Waals surface area contributed by atoms with Crippen molar-refractivity contribution in [1.29, 1.82) is 0 Å². The summed E-state index contributed by atoms with van der Waals surface area (Å²) < 4.78 is 20.1. The number of fused-ring (bicyclic) bond motifs is 1. The molecule has 0 N–H and O–H groups in total. The summed E-state index contributed by atoms with van der Waals surface area (Å²) in [4.78, 5) is 19.4. The molecular formula is C22H20FN5O2. The van der Waals surface area contributed by atoms with Gasteiger partial charge in [-0.1, -0.05) is 23.4 Å². The Bertz CT molecular complexity index is 1230. The average Bonchev–Trinajstić information content (AvgIpc) is 3.27. The molecule has 1 unspecified atom stereocenters. The molecule has 0 amide bonds. The molecule has 1 aliphatic heterocycles. The van der Waals surface area contributed by atoms with Crippen LogP contribution in [0.3, 0.4) is 0 Å². The number of piperidine rings is 1. The van der Waals surface area contributed by atoms with Gasteiger partial charge < -0.3 is 4.52 Å². The van der Waals surface area contributed by atoms with Crippen LogP contribution in [-0.2, 0) is 6.67 Å². The zero-order valence-electron chi connectivity index (χ0n) is 16.2. The summed E-state index contributed by atoms with van der Waals surface area (Å²) >= 11 is 0. The molecule has 2 aromatic heterocycles. The van der Waals surface area contributed by atoms with E-state index in [9.17, 15) is 9.18 Å². The second kappa shape index (κ2) is 7.79. The summed E-state index contributed by atoms with van der Waals surface area (Å²) in [6.07, 6.45) is 3.62. The van der Waals surface area contributed by atoms with Crippen LogP contribution in [0, 0.1) is 5.82 Å². The van der Waals surface area contributed by atoms with Crippen molar-refractivity contribution in [3.05, 3.63) is 76.8 Å².